The summed E-state index contributed by atoms with van der Waals surface area (Å²) in [6, 6.07) is 16.4. The monoisotopic (exact) mass is 422 g/mol. The second-order valence-corrected chi connectivity index (χ2v) is 7.98. The number of carbonyl (C=O) groups excluding carboxylic acids is 1. The van der Waals surface area contributed by atoms with Crippen molar-refractivity contribution in [2.24, 2.45) is 5.73 Å². The van der Waals surface area contributed by atoms with E-state index in [1.165, 1.54) is 16.8 Å². The van der Waals surface area contributed by atoms with Crippen LogP contribution in [-0.4, -0.2) is 35.1 Å². The van der Waals surface area contributed by atoms with E-state index in [2.05, 4.69) is 41.8 Å². The lowest BCUT2D eigenvalue weighted by atomic mass is 9.88. The minimum atomic E-state index is -0.972. The number of carboxylic acid groups (broad SMARTS) is 1. The number of aliphatic carboxylic acids is 1. The van der Waals surface area contributed by atoms with Gasteiger partial charge in [0.15, 0.2) is 6.61 Å². The van der Waals surface area contributed by atoms with Crippen LogP contribution < -0.4 is 10.5 Å². The molecule has 31 heavy (non-hydrogen) atoms. The Labute approximate surface area is 182 Å². The van der Waals surface area contributed by atoms with Crippen LogP contribution in [0.1, 0.15) is 48.9 Å². The number of carbonyl (C=O) groups is 2. The molecule has 1 aliphatic carbocycles. The van der Waals surface area contributed by atoms with E-state index in [1.807, 2.05) is 25.0 Å². The fourth-order valence-corrected chi connectivity index (χ4v) is 4.65. The largest absolute Gasteiger partial charge is 0.481 e. The summed E-state index contributed by atoms with van der Waals surface area (Å²) in [5.74, 6) is -0.0948. The van der Waals surface area contributed by atoms with Crippen molar-refractivity contribution < 1.29 is 19.4 Å². The normalized spacial score (nSPS) is 16.5. The molecule has 164 valence electrons. The molecule has 3 aromatic rings. The van der Waals surface area contributed by atoms with Gasteiger partial charge in [-0.2, -0.15) is 0 Å². The zero-order valence-corrected chi connectivity index (χ0v) is 17.9. The summed E-state index contributed by atoms with van der Waals surface area (Å²) in [7, 11) is 0. The molecular formula is C25H30N2O4. The van der Waals surface area contributed by atoms with Gasteiger partial charge in [0.25, 0.3) is 0 Å². The number of hydrogen-bond donors (Lipinski definition) is 2. The molecule has 0 aliphatic heterocycles. The van der Waals surface area contributed by atoms with E-state index in [0.29, 0.717) is 5.75 Å². The van der Waals surface area contributed by atoms with E-state index in [9.17, 15) is 4.79 Å². The molecule has 6 nitrogen and oxygen atoms in total. The number of nitrogens with two attached hydrogens (primary N) is 1. The number of nitrogens with zero attached hydrogens (tertiary/aromatic N) is 1. The van der Waals surface area contributed by atoms with Crippen molar-refractivity contribution in [2.45, 2.75) is 51.1 Å². The maximum absolute atomic E-state index is 11.1. The molecule has 0 saturated heterocycles. The van der Waals surface area contributed by atoms with Crippen molar-refractivity contribution in [3.05, 3.63) is 65.4 Å². The molecule has 1 aromatic heterocycles. The Kier molecular flexibility index (Phi) is 7.47. The van der Waals surface area contributed by atoms with Crippen molar-refractivity contribution in [1.29, 1.82) is 0 Å². The number of fused-ring (bicyclic) bond motifs is 3. The first-order valence-electron chi connectivity index (χ1n) is 10.6. The number of aromatic nitrogens is 1. The van der Waals surface area contributed by atoms with Crippen LogP contribution in [0.5, 0.6) is 5.75 Å². The molecule has 2 atom stereocenters. The maximum atomic E-state index is 11.1. The van der Waals surface area contributed by atoms with Crippen LogP contribution in [0, 0.1) is 0 Å². The SMILES string of the molecule is C=O.CC(N)C1CCCCc2c1c1c(OCC(=O)O)cccc1n2Cc1ccccc1. The van der Waals surface area contributed by atoms with Crippen LogP contribution in [0.25, 0.3) is 10.9 Å². The van der Waals surface area contributed by atoms with Crippen molar-refractivity contribution in [3.8, 4) is 5.75 Å². The molecular weight excluding hydrogens is 392 g/mol. The van der Waals surface area contributed by atoms with E-state index in [4.69, 9.17) is 20.4 Å². The Morgan fingerprint density at radius 2 is 1.94 bits per heavy atom. The fraction of sp³-hybridized carbons (Fsp3) is 0.360. The third-order valence-corrected chi connectivity index (χ3v) is 5.92. The van der Waals surface area contributed by atoms with Crippen molar-refractivity contribution in [3.63, 3.8) is 0 Å². The van der Waals surface area contributed by atoms with Gasteiger partial charge >= 0.3 is 5.97 Å². The summed E-state index contributed by atoms with van der Waals surface area (Å²) in [5, 5.41) is 10.2. The second-order valence-electron chi connectivity index (χ2n) is 7.98. The highest BCUT2D eigenvalue weighted by atomic mass is 16.5. The summed E-state index contributed by atoms with van der Waals surface area (Å²) in [5.41, 5.74) is 11.3. The second kappa shape index (κ2) is 10.3. The van der Waals surface area contributed by atoms with Gasteiger partial charge < -0.3 is 24.9 Å². The highest BCUT2D eigenvalue weighted by molar-refractivity contribution is 5.92. The van der Waals surface area contributed by atoms with Crippen LogP contribution in [0.15, 0.2) is 48.5 Å². The maximum Gasteiger partial charge on any atom is 0.341 e. The van der Waals surface area contributed by atoms with Crippen LogP contribution in [-0.2, 0) is 22.6 Å². The summed E-state index contributed by atoms with van der Waals surface area (Å²) in [4.78, 5) is 19.1. The van der Waals surface area contributed by atoms with Crippen LogP contribution >= 0.6 is 0 Å². The molecule has 4 rings (SSSR count). The van der Waals surface area contributed by atoms with E-state index < -0.39 is 5.97 Å². The molecule has 1 heterocycles. The quantitative estimate of drug-likeness (QED) is 0.583. The van der Waals surface area contributed by atoms with Crippen LogP contribution in [0.4, 0.5) is 0 Å². The highest BCUT2D eigenvalue weighted by Gasteiger charge is 2.30. The molecule has 0 fully saturated rings. The number of rotatable bonds is 6. The minimum Gasteiger partial charge on any atom is -0.481 e. The predicted molar refractivity (Wildman–Crippen MR) is 122 cm³/mol. The Morgan fingerprint density at radius 1 is 1.19 bits per heavy atom. The van der Waals surface area contributed by atoms with Gasteiger partial charge in [-0.05, 0) is 49.4 Å². The molecule has 0 amide bonds. The number of hydrogen-bond acceptors (Lipinski definition) is 4. The zero-order chi connectivity index (χ0) is 22.4. The summed E-state index contributed by atoms with van der Waals surface area (Å²) < 4.78 is 8.11. The zero-order valence-electron chi connectivity index (χ0n) is 17.9. The van der Waals surface area contributed by atoms with Gasteiger partial charge in [-0.1, -0.05) is 42.8 Å². The lowest BCUT2D eigenvalue weighted by molar-refractivity contribution is -0.139. The minimum absolute atomic E-state index is 0.0233. The van der Waals surface area contributed by atoms with E-state index in [-0.39, 0.29) is 18.6 Å². The van der Waals surface area contributed by atoms with E-state index in [0.717, 1.165) is 43.1 Å². The first-order chi connectivity index (χ1) is 15.1. The molecule has 6 heteroatoms. The number of carboxylic acids is 1. The summed E-state index contributed by atoms with van der Waals surface area (Å²) in [6.45, 7) is 4.50. The average molecular weight is 423 g/mol. The van der Waals surface area contributed by atoms with Crippen molar-refractivity contribution in [2.75, 3.05) is 6.61 Å². The third-order valence-electron chi connectivity index (χ3n) is 5.92. The Bertz CT molecular complexity index is 1030. The van der Waals surface area contributed by atoms with Gasteiger partial charge in [0.1, 0.15) is 12.5 Å². The number of benzene rings is 2. The van der Waals surface area contributed by atoms with Gasteiger partial charge in [0, 0.05) is 29.6 Å². The number of ether oxygens (including phenoxy) is 1. The molecule has 0 saturated carbocycles. The average Bonchev–Trinajstić information content (AvgIpc) is 2.93. The topological polar surface area (TPSA) is 94.6 Å². The highest BCUT2D eigenvalue weighted by Crippen LogP contribution is 2.43. The summed E-state index contributed by atoms with van der Waals surface area (Å²) in [6.07, 6.45) is 4.32. The van der Waals surface area contributed by atoms with Crippen LogP contribution in [0.2, 0.25) is 0 Å². The van der Waals surface area contributed by atoms with E-state index >= 15 is 0 Å². The van der Waals surface area contributed by atoms with E-state index in [1.54, 1.807) is 0 Å². The molecule has 2 aromatic carbocycles. The van der Waals surface area contributed by atoms with Crippen molar-refractivity contribution >= 4 is 23.7 Å². The summed E-state index contributed by atoms with van der Waals surface area (Å²) >= 11 is 0. The molecule has 0 bridgehead atoms. The van der Waals surface area contributed by atoms with Gasteiger partial charge in [-0.3, -0.25) is 0 Å². The lowest BCUT2D eigenvalue weighted by Gasteiger charge is -2.21. The molecule has 0 spiro atoms. The van der Waals surface area contributed by atoms with Crippen molar-refractivity contribution in [1.82, 2.24) is 4.57 Å². The molecule has 2 unspecified atom stereocenters. The standard InChI is InChI=1S/C24H28N2O3.CH2O/c1-16(25)18-10-5-6-11-19-23(18)24-20(12-7-13-21(24)29-15-22(27)28)26(19)14-17-8-3-2-4-9-17;1-2/h2-4,7-9,12-13,16,18H,5-6,10-11,14-15,25H2,1H3,(H,27,28);1H2. The Hall–Kier alpha value is -3.12. The molecule has 3 N–H and O–H groups in total. The molecule has 0 radical (unpaired) electrons. The lowest BCUT2D eigenvalue weighted by Crippen LogP contribution is -2.25. The van der Waals surface area contributed by atoms with Gasteiger partial charge in [0.05, 0.1) is 5.52 Å². The third kappa shape index (κ3) is 4.80. The first kappa shape index (κ1) is 22.6. The first-order valence-corrected chi connectivity index (χ1v) is 10.6. The Balaban J connectivity index is 0.00000132. The van der Waals surface area contributed by atoms with Gasteiger partial charge in [-0.25, -0.2) is 4.79 Å². The smallest absolute Gasteiger partial charge is 0.341 e. The van der Waals surface area contributed by atoms with Gasteiger partial charge in [-0.15, -0.1) is 0 Å². The molecule has 1 aliphatic rings. The Morgan fingerprint density at radius 3 is 2.61 bits per heavy atom. The van der Waals surface area contributed by atoms with Gasteiger partial charge in [0.2, 0.25) is 0 Å². The predicted octanol–water partition coefficient (Wildman–Crippen LogP) is 4.13. The fourth-order valence-electron chi connectivity index (χ4n) is 4.65. The van der Waals surface area contributed by atoms with Crippen LogP contribution in [0.3, 0.4) is 0 Å².